The smallest absolute Gasteiger partial charge is 0.343 e. The summed E-state index contributed by atoms with van der Waals surface area (Å²) in [7, 11) is 0. The summed E-state index contributed by atoms with van der Waals surface area (Å²) in [6.07, 6.45) is 5.76. The molecule has 0 atom stereocenters. The van der Waals surface area contributed by atoms with Gasteiger partial charge in [0, 0.05) is 23.5 Å². The molecule has 2 aliphatic carbocycles. The van der Waals surface area contributed by atoms with E-state index in [0.717, 1.165) is 36.8 Å². The summed E-state index contributed by atoms with van der Waals surface area (Å²) >= 11 is 0. The lowest BCUT2D eigenvalue weighted by molar-refractivity contribution is 0.0948. The maximum atomic E-state index is 12.8. The largest absolute Gasteiger partial charge is 0.345 e. The Kier molecular flexibility index (Phi) is 3.37. The number of aromatic amines is 1. The molecule has 5 rings (SSSR count). The minimum absolute atomic E-state index is 0.192. The predicted octanol–water partition coefficient (Wildman–Crippen LogP) is 1.66. The minimum atomic E-state index is -0.214. The Morgan fingerprint density at radius 1 is 1.31 bits per heavy atom. The van der Waals surface area contributed by atoms with Crippen LogP contribution in [0.2, 0.25) is 0 Å². The first-order valence-electron chi connectivity index (χ1n) is 8.90. The van der Waals surface area contributed by atoms with E-state index in [0.29, 0.717) is 23.0 Å². The van der Waals surface area contributed by atoms with E-state index in [-0.39, 0.29) is 24.2 Å². The second kappa shape index (κ2) is 5.76. The van der Waals surface area contributed by atoms with Gasteiger partial charge in [0.15, 0.2) is 11.5 Å². The molecule has 2 N–H and O–H groups in total. The number of fused-ring (bicyclic) bond motifs is 1. The fraction of sp³-hybridized carbons (Fsp3) is 0.389. The van der Waals surface area contributed by atoms with Crippen LogP contribution in [-0.2, 0) is 6.54 Å². The van der Waals surface area contributed by atoms with Crippen LogP contribution in [0, 0.1) is 0 Å². The molecule has 0 aliphatic heterocycles. The molecule has 3 aromatic heterocycles. The number of nitrogens with one attached hydrogen (secondary N) is 2. The molecule has 0 bridgehead atoms. The quantitative estimate of drug-likeness (QED) is 0.728. The van der Waals surface area contributed by atoms with Crippen molar-refractivity contribution >= 4 is 16.9 Å². The highest BCUT2D eigenvalue weighted by molar-refractivity contribution is 5.98. The Morgan fingerprint density at radius 3 is 2.92 bits per heavy atom. The van der Waals surface area contributed by atoms with Gasteiger partial charge < -0.3 is 5.32 Å². The number of hydrogen-bond acceptors (Lipinski definition) is 5. The molecule has 8 heteroatoms. The van der Waals surface area contributed by atoms with Gasteiger partial charge in [0.05, 0.1) is 17.8 Å². The fourth-order valence-corrected chi connectivity index (χ4v) is 3.29. The third-order valence-electron chi connectivity index (χ3n) is 4.92. The molecule has 0 unspecified atom stereocenters. The fourth-order valence-electron chi connectivity index (χ4n) is 3.29. The zero-order valence-electron chi connectivity index (χ0n) is 14.1. The maximum absolute atomic E-state index is 12.8. The minimum Gasteiger partial charge on any atom is -0.345 e. The van der Waals surface area contributed by atoms with Crippen LogP contribution in [0.15, 0.2) is 29.2 Å². The number of H-pyrrole nitrogens is 1. The van der Waals surface area contributed by atoms with Crippen LogP contribution in [0.5, 0.6) is 0 Å². The zero-order valence-corrected chi connectivity index (χ0v) is 14.1. The van der Waals surface area contributed by atoms with Gasteiger partial charge >= 0.3 is 5.69 Å². The second-order valence-electron chi connectivity index (χ2n) is 6.97. The summed E-state index contributed by atoms with van der Waals surface area (Å²) in [5, 5.41) is 10.3. The molecule has 0 radical (unpaired) electrons. The topological polar surface area (TPSA) is 106 Å². The van der Waals surface area contributed by atoms with Crippen molar-refractivity contribution in [3.05, 3.63) is 52.0 Å². The van der Waals surface area contributed by atoms with Gasteiger partial charge in [-0.3, -0.25) is 9.36 Å². The monoisotopic (exact) mass is 350 g/mol. The zero-order chi connectivity index (χ0) is 17.7. The summed E-state index contributed by atoms with van der Waals surface area (Å²) in [4.78, 5) is 33.6. The number of aromatic nitrogens is 5. The Balaban J connectivity index is 1.43. The third-order valence-corrected chi connectivity index (χ3v) is 4.92. The van der Waals surface area contributed by atoms with Gasteiger partial charge in [-0.05, 0) is 43.9 Å². The SMILES string of the molecule is O=C(NCc1n[nH]c(=O)n1C1CC1)c1cc2cccnc2nc1C1CC1. The molecule has 132 valence electrons. The van der Waals surface area contributed by atoms with Gasteiger partial charge in [0.1, 0.15) is 0 Å². The van der Waals surface area contributed by atoms with Crippen LogP contribution in [-0.4, -0.2) is 30.6 Å². The summed E-state index contributed by atoms with van der Waals surface area (Å²) < 4.78 is 1.64. The van der Waals surface area contributed by atoms with E-state index in [1.165, 1.54) is 0 Å². The average Bonchev–Trinajstić information content (AvgIpc) is 3.57. The number of amides is 1. The van der Waals surface area contributed by atoms with Crippen LogP contribution >= 0.6 is 0 Å². The van der Waals surface area contributed by atoms with Gasteiger partial charge in [0.25, 0.3) is 5.91 Å². The lowest BCUT2D eigenvalue weighted by atomic mass is 10.1. The standard InChI is InChI=1S/C18H18N6O2/c25-17(20-9-14-22-23-18(26)24(14)12-5-6-12)13-8-11-2-1-7-19-16(11)21-15(13)10-3-4-10/h1-2,7-8,10,12H,3-6,9H2,(H,20,25)(H,23,26). The summed E-state index contributed by atoms with van der Waals surface area (Å²) in [5.74, 6) is 0.703. The van der Waals surface area contributed by atoms with Crippen molar-refractivity contribution in [2.45, 2.75) is 44.2 Å². The van der Waals surface area contributed by atoms with Crippen LogP contribution in [0.3, 0.4) is 0 Å². The maximum Gasteiger partial charge on any atom is 0.343 e. The Labute approximate surface area is 148 Å². The van der Waals surface area contributed by atoms with Crippen LogP contribution in [0.1, 0.15) is 59.5 Å². The highest BCUT2D eigenvalue weighted by Gasteiger charge is 2.31. The average molecular weight is 350 g/mol. The second-order valence-corrected chi connectivity index (χ2v) is 6.97. The molecule has 8 nitrogen and oxygen atoms in total. The van der Waals surface area contributed by atoms with E-state index in [9.17, 15) is 9.59 Å². The summed E-state index contributed by atoms with van der Waals surface area (Å²) in [6, 6.07) is 5.81. The Bertz CT molecular complexity index is 1060. The van der Waals surface area contributed by atoms with Crippen LogP contribution in [0.25, 0.3) is 11.0 Å². The van der Waals surface area contributed by atoms with Gasteiger partial charge in [-0.15, -0.1) is 0 Å². The van der Waals surface area contributed by atoms with Gasteiger partial charge in [-0.2, -0.15) is 5.10 Å². The molecule has 2 fully saturated rings. The highest BCUT2D eigenvalue weighted by atomic mass is 16.2. The molecule has 0 saturated heterocycles. The molecule has 0 aromatic carbocycles. The molecule has 2 aliphatic rings. The molecular weight excluding hydrogens is 332 g/mol. The molecule has 0 spiro atoms. The van der Waals surface area contributed by atoms with Crippen LogP contribution in [0.4, 0.5) is 0 Å². The van der Waals surface area contributed by atoms with Crippen molar-refractivity contribution in [2.24, 2.45) is 0 Å². The predicted molar refractivity (Wildman–Crippen MR) is 93.8 cm³/mol. The van der Waals surface area contributed by atoms with E-state index in [2.05, 4.69) is 25.5 Å². The molecule has 3 heterocycles. The number of pyridine rings is 2. The number of hydrogen-bond donors (Lipinski definition) is 2. The van der Waals surface area contributed by atoms with E-state index >= 15 is 0 Å². The Morgan fingerprint density at radius 2 is 2.15 bits per heavy atom. The molecule has 1 amide bonds. The van der Waals surface area contributed by atoms with Crippen molar-refractivity contribution in [1.82, 2.24) is 30.0 Å². The van der Waals surface area contributed by atoms with Crippen molar-refractivity contribution in [1.29, 1.82) is 0 Å². The van der Waals surface area contributed by atoms with Crippen molar-refractivity contribution in [2.75, 3.05) is 0 Å². The first-order chi connectivity index (χ1) is 12.7. The van der Waals surface area contributed by atoms with Crippen molar-refractivity contribution < 1.29 is 4.79 Å². The number of carbonyl (C=O) groups excluding carboxylic acids is 1. The summed E-state index contributed by atoms with van der Waals surface area (Å²) in [5.41, 5.74) is 1.86. The van der Waals surface area contributed by atoms with Crippen molar-refractivity contribution in [3.63, 3.8) is 0 Å². The molecule has 3 aromatic rings. The van der Waals surface area contributed by atoms with E-state index in [4.69, 9.17) is 0 Å². The van der Waals surface area contributed by atoms with Crippen LogP contribution < -0.4 is 11.0 Å². The molecule has 2 saturated carbocycles. The molecule has 26 heavy (non-hydrogen) atoms. The van der Waals surface area contributed by atoms with E-state index in [1.54, 1.807) is 10.8 Å². The first kappa shape index (κ1) is 15.2. The number of nitrogens with zero attached hydrogens (tertiary/aromatic N) is 4. The van der Waals surface area contributed by atoms with Gasteiger partial charge in [0.2, 0.25) is 0 Å². The number of rotatable bonds is 5. The third kappa shape index (κ3) is 2.67. The lowest BCUT2D eigenvalue weighted by Gasteiger charge is -2.10. The van der Waals surface area contributed by atoms with E-state index < -0.39 is 0 Å². The Hall–Kier alpha value is -3.03. The van der Waals surface area contributed by atoms with Gasteiger partial charge in [-0.25, -0.2) is 19.9 Å². The highest BCUT2D eigenvalue weighted by Crippen LogP contribution is 2.41. The molecular formula is C18H18N6O2. The number of carbonyl (C=O) groups is 1. The van der Waals surface area contributed by atoms with Crippen molar-refractivity contribution in [3.8, 4) is 0 Å². The summed E-state index contributed by atoms with van der Waals surface area (Å²) in [6.45, 7) is 0.212. The normalized spacial score (nSPS) is 16.8. The van der Waals surface area contributed by atoms with E-state index in [1.807, 2.05) is 18.2 Å². The first-order valence-corrected chi connectivity index (χ1v) is 8.90. The lowest BCUT2D eigenvalue weighted by Crippen LogP contribution is -2.27. The van der Waals surface area contributed by atoms with Gasteiger partial charge in [-0.1, -0.05) is 0 Å².